The lowest BCUT2D eigenvalue weighted by atomic mass is 10.1. The van der Waals surface area contributed by atoms with E-state index < -0.39 is 0 Å². The second-order valence-electron chi connectivity index (χ2n) is 6.79. The van der Waals surface area contributed by atoms with E-state index in [9.17, 15) is 4.39 Å². The first-order chi connectivity index (χ1) is 12.0. The normalized spacial score (nSPS) is 20.1. The van der Waals surface area contributed by atoms with Crippen LogP contribution in [0.1, 0.15) is 31.4 Å². The summed E-state index contributed by atoms with van der Waals surface area (Å²) in [6, 6.07) is 7.45. The van der Waals surface area contributed by atoms with Gasteiger partial charge in [0, 0.05) is 26.2 Å². The summed E-state index contributed by atoms with van der Waals surface area (Å²) in [6.07, 6.45) is 2.52. The highest BCUT2D eigenvalue weighted by molar-refractivity contribution is 5.79. The summed E-state index contributed by atoms with van der Waals surface area (Å²) in [4.78, 5) is 8.98. The Labute approximate surface area is 151 Å². The van der Waals surface area contributed by atoms with E-state index in [0.29, 0.717) is 12.6 Å². The Morgan fingerprint density at radius 2 is 2.04 bits per heavy atom. The molecule has 1 aromatic carbocycles. The molecule has 0 saturated carbocycles. The van der Waals surface area contributed by atoms with Gasteiger partial charge in [-0.15, -0.1) is 0 Å². The highest BCUT2D eigenvalue weighted by atomic mass is 19.1. The molecule has 5 nitrogen and oxygen atoms in total. The van der Waals surface area contributed by atoms with E-state index in [1.165, 1.54) is 31.5 Å². The molecule has 6 heteroatoms. The van der Waals surface area contributed by atoms with E-state index in [4.69, 9.17) is 0 Å². The SMILES string of the molecule is CCN1CCCC1CNC(=NC)NCC(c1ccc(F)cc1)N(C)C. The minimum absolute atomic E-state index is 0.151. The van der Waals surface area contributed by atoms with Gasteiger partial charge in [-0.05, 0) is 57.7 Å². The first-order valence-corrected chi connectivity index (χ1v) is 9.15. The fourth-order valence-corrected chi connectivity index (χ4v) is 3.45. The van der Waals surface area contributed by atoms with Gasteiger partial charge in [0.2, 0.25) is 0 Å². The fraction of sp³-hybridized carbons (Fsp3) is 0.632. The largest absolute Gasteiger partial charge is 0.355 e. The maximum absolute atomic E-state index is 13.2. The zero-order valence-electron chi connectivity index (χ0n) is 15.9. The van der Waals surface area contributed by atoms with E-state index in [0.717, 1.165) is 24.6 Å². The van der Waals surface area contributed by atoms with Crippen LogP contribution in [0.25, 0.3) is 0 Å². The smallest absolute Gasteiger partial charge is 0.191 e. The third-order valence-corrected chi connectivity index (χ3v) is 4.97. The molecule has 0 bridgehead atoms. The summed E-state index contributed by atoms with van der Waals surface area (Å²) in [5.41, 5.74) is 1.09. The van der Waals surface area contributed by atoms with Gasteiger partial charge in [-0.1, -0.05) is 19.1 Å². The van der Waals surface area contributed by atoms with E-state index in [-0.39, 0.29) is 11.9 Å². The van der Waals surface area contributed by atoms with Crippen molar-refractivity contribution in [3.8, 4) is 0 Å². The monoisotopic (exact) mass is 349 g/mol. The summed E-state index contributed by atoms with van der Waals surface area (Å²) in [5.74, 6) is 0.612. The van der Waals surface area contributed by atoms with Crippen LogP contribution >= 0.6 is 0 Å². The summed E-state index contributed by atoms with van der Waals surface area (Å²) >= 11 is 0. The van der Waals surface area contributed by atoms with Crippen molar-refractivity contribution in [3.63, 3.8) is 0 Å². The number of halogens is 1. The minimum Gasteiger partial charge on any atom is -0.355 e. The van der Waals surface area contributed by atoms with Gasteiger partial charge in [-0.25, -0.2) is 4.39 Å². The molecule has 2 unspecified atom stereocenters. The van der Waals surface area contributed by atoms with Crippen molar-refractivity contribution in [2.24, 2.45) is 4.99 Å². The Hall–Kier alpha value is -1.66. The molecule has 1 aliphatic heterocycles. The number of rotatable bonds is 7. The Bertz CT molecular complexity index is 543. The van der Waals surface area contributed by atoms with E-state index in [1.807, 2.05) is 26.2 Å². The van der Waals surface area contributed by atoms with E-state index >= 15 is 0 Å². The molecule has 1 aromatic rings. The third kappa shape index (κ3) is 5.68. The van der Waals surface area contributed by atoms with Crippen molar-refractivity contribution >= 4 is 5.96 Å². The Balaban J connectivity index is 1.88. The number of benzene rings is 1. The van der Waals surface area contributed by atoms with Crippen LogP contribution in [-0.4, -0.2) is 69.1 Å². The van der Waals surface area contributed by atoms with Crippen LogP contribution in [0.2, 0.25) is 0 Å². The fourth-order valence-electron chi connectivity index (χ4n) is 3.45. The van der Waals surface area contributed by atoms with Crippen LogP contribution in [-0.2, 0) is 0 Å². The molecule has 2 atom stereocenters. The van der Waals surface area contributed by atoms with E-state index in [1.54, 1.807) is 7.05 Å². The zero-order chi connectivity index (χ0) is 18.2. The molecule has 140 valence electrons. The van der Waals surface area contributed by atoms with Gasteiger partial charge in [0.25, 0.3) is 0 Å². The van der Waals surface area contributed by atoms with Gasteiger partial charge in [0.1, 0.15) is 5.82 Å². The molecule has 0 aromatic heterocycles. The Morgan fingerprint density at radius 1 is 1.32 bits per heavy atom. The van der Waals surface area contributed by atoms with Crippen LogP contribution in [0.4, 0.5) is 4.39 Å². The summed E-state index contributed by atoms with van der Waals surface area (Å²) in [5, 5.41) is 6.85. The molecule has 0 spiro atoms. The molecule has 1 aliphatic rings. The topological polar surface area (TPSA) is 42.9 Å². The molecule has 0 aliphatic carbocycles. The van der Waals surface area contributed by atoms with Crippen LogP contribution < -0.4 is 10.6 Å². The average molecular weight is 349 g/mol. The highest BCUT2D eigenvalue weighted by Crippen LogP contribution is 2.18. The number of guanidine groups is 1. The van der Waals surface area contributed by atoms with Crippen molar-refractivity contribution in [1.29, 1.82) is 0 Å². The van der Waals surface area contributed by atoms with Crippen molar-refractivity contribution < 1.29 is 4.39 Å². The molecule has 2 N–H and O–H groups in total. The van der Waals surface area contributed by atoms with Crippen LogP contribution in [0, 0.1) is 5.82 Å². The van der Waals surface area contributed by atoms with Gasteiger partial charge < -0.3 is 15.5 Å². The van der Waals surface area contributed by atoms with Gasteiger partial charge in [-0.3, -0.25) is 9.89 Å². The quantitative estimate of drug-likeness (QED) is 0.584. The second kappa shape index (κ2) is 9.73. The molecular formula is C19H32FN5. The van der Waals surface area contributed by atoms with Crippen molar-refractivity contribution in [2.45, 2.75) is 31.8 Å². The Morgan fingerprint density at radius 3 is 2.64 bits per heavy atom. The Kier molecular flexibility index (Phi) is 7.65. The number of aliphatic imine (C=N–C) groups is 1. The van der Waals surface area contributed by atoms with Crippen molar-refractivity contribution in [3.05, 3.63) is 35.6 Å². The first kappa shape index (κ1) is 19.7. The standard InChI is InChI=1S/C19H32FN5/c1-5-25-12-6-7-17(25)13-22-19(21-2)23-14-18(24(3)4)15-8-10-16(20)11-9-15/h8-11,17-18H,5-7,12-14H2,1-4H3,(H2,21,22,23). The van der Waals surface area contributed by atoms with Gasteiger partial charge in [-0.2, -0.15) is 0 Å². The summed E-state index contributed by atoms with van der Waals surface area (Å²) in [6.45, 7) is 6.14. The lowest BCUT2D eigenvalue weighted by molar-refractivity contribution is 0.266. The maximum Gasteiger partial charge on any atom is 0.191 e. The second-order valence-corrected chi connectivity index (χ2v) is 6.79. The van der Waals surface area contributed by atoms with Crippen LogP contribution in [0.5, 0.6) is 0 Å². The van der Waals surface area contributed by atoms with Crippen LogP contribution in [0.15, 0.2) is 29.3 Å². The molecular weight excluding hydrogens is 317 g/mol. The van der Waals surface area contributed by atoms with E-state index in [2.05, 4.69) is 32.3 Å². The number of nitrogens with one attached hydrogen (secondary N) is 2. The highest BCUT2D eigenvalue weighted by Gasteiger charge is 2.23. The summed E-state index contributed by atoms with van der Waals surface area (Å²) < 4.78 is 13.2. The van der Waals surface area contributed by atoms with Crippen molar-refractivity contribution in [1.82, 2.24) is 20.4 Å². The van der Waals surface area contributed by atoms with Crippen molar-refractivity contribution in [2.75, 3.05) is 47.3 Å². The molecule has 1 heterocycles. The number of nitrogens with zero attached hydrogens (tertiary/aromatic N) is 3. The molecule has 2 rings (SSSR count). The predicted octanol–water partition coefficient (Wildman–Crippen LogP) is 2.08. The zero-order valence-corrected chi connectivity index (χ0v) is 15.9. The number of likely N-dealkylation sites (N-methyl/N-ethyl adjacent to an activating group) is 2. The van der Waals surface area contributed by atoms with Gasteiger partial charge in [0.15, 0.2) is 5.96 Å². The predicted molar refractivity (Wildman–Crippen MR) is 102 cm³/mol. The average Bonchev–Trinajstić information content (AvgIpc) is 3.06. The third-order valence-electron chi connectivity index (χ3n) is 4.97. The number of likely N-dealkylation sites (tertiary alicyclic amines) is 1. The molecule has 1 fully saturated rings. The lowest BCUT2D eigenvalue weighted by Crippen LogP contribution is -2.46. The maximum atomic E-state index is 13.2. The van der Waals surface area contributed by atoms with Crippen LogP contribution in [0.3, 0.4) is 0 Å². The molecule has 0 amide bonds. The molecule has 1 saturated heterocycles. The number of hydrogen-bond donors (Lipinski definition) is 2. The van der Waals surface area contributed by atoms with Gasteiger partial charge in [0.05, 0.1) is 6.04 Å². The first-order valence-electron chi connectivity index (χ1n) is 9.15. The van der Waals surface area contributed by atoms with Gasteiger partial charge >= 0.3 is 0 Å². The lowest BCUT2D eigenvalue weighted by Gasteiger charge is -2.27. The minimum atomic E-state index is -0.205. The summed E-state index contributed by atoms with van der Waals surface area (Å²) in [7, 11) is 5.86. The number of hydrogen-bond acceptors (Lipinski definition) is 3. The molecule has 0 radical (unpaired) electrons. The molecule has 25 heavy (non-hydrogen) atoms.